The number of aromatic amines is 1. The normalized spacial score (nSPS) is 20.9. The first kappa shape index (κ1) is 13.6. The molecule has 0 spiro atoms. The number of carbonyl (C=O) groups excluding carboxylic acids is 1. The monoisotopic (exact) mass is 308 g/mol. The van der Waals surface area contributed by atoms with Crippen molar-refractivity contribution in [2.45, 2.75) is 19.0 Å². The summed E-state index contributed by atoms with van der Waals surface area (Å²) in [6.45, 7) is 1.98. The second-order valence-electron chi connectivity index (χ2n) is 5.75. The summed E-state index contributed by atoms with van der Waals surface area (Å²) in [5.41, 5.74) is 3.53. The molecule has 4 rings (SSSR count). The minimum Gasteiger partial charge on any atom is -0.508 e. The van der Waals surface area contributed by atoms with Gasteiger partial charge in [0.25, 0.3) is 0 Å². The van der Waals surface area contributed by atoms with Crippen LogP contribution in [0.5, 0.6) is 5.75 Å². The molecule has 3 aromatic rings. The number of benzene rings is 2. The van der Waals surface area contributed by atoms with Crippen molar-refractivity contribution in [2.24, 2.45) is 0 Å². The molecule has 0 radical (unpaired) electrons. The summed E-state index contributed by atoms with van der Waals surface area (Å²) in [6, 6.07) is 12.4. The molecule has 6 heteroatoms. The summed E-state index contributed by atoms with van der Waals surface area (Å²) in [4.78, 5) is 21.5. The van der Waals surface area contributed by atoms with Crippen LogP contribution >= 0.6 is 0 Å². The molecule has 1 aromatic heterocycles. The Labute approximate surface area is 132 Å². The molecule has 0 aliphatic carbocycles. The van der Waals surface area contributed by atoms with Crippen LogP contribution in [-0.2, 0) is 0 Å². The van der Waals surface area contributed by atoms with Crippen molar-refractivity contribution in [3.8, 4) is 5.75 Å². The molecule has 23 heavy (non-hydrogen) atoms. The average molecular weight is 308 g/mol. The van der Waals surface area contributed by atoms with Crippen LogP contribution in [0.15, 0.2) is 48.8 Å². The summed E-state index contributed by atoms with van der Waals surface area (Å²) < 4.78 is 0. The molecule has 2 amide bonds. The smallest absolute Gasteiger partial charge is 0.322 e. The minimum atomic E-state index is -0.136. The zero-order valence-corrected chi connectivity index (χ0v) is 12.5. The third-order valence-corrected chi connectivity index (χ3v) is 4.24. The highest BCUT2D eigenvalue weighted by molar-refractivity contribution is 5.97. The molecule has 0 saturated carbocycles. The maximum absolute atomic E-state index is 12.4. The fourth-order valence-corrected chi connectivity index (χ4v) is 3.15. The number of phenols is 1. The van der Waals surface area contributed by atoms with Crippen molar-refractivity contribution in [3.05, 3.63) is 54.4 Å². The van der Waals surface area contributed by atoms with Crippen LogP contribution in [0.25, 0.3) is 11.0 Å². The van der Waals surface area contributed by atoms with Crippen molar-refractivity contribution < 1.29 is 9.90 Å². The number of imidazole rings is 1. The Morgan fingerprint density at radius 1 is 1.17 bits per heavy atom. The lowest BCUT2D eigenvalue weighted by Crippen LogP contribution is -2.29. The van der Waals surface area contributed by atoms with Gasteiger partial charge in [0.2, 0.25) is 0 Å². The van der Waals surface area contributed by atoms with Crippen LogP contribution in [0, 0.1) is 0 Å². The Balaban J connectivity index is 1.79. The van der Waals surface area contributed by atoms with Crippen LogP contribution in [-0.4, -0.2) is 27.1 Å². The Bertz CT molecular complexity index is 872. The van der Waals surface area contributed by atoms with E-state index in [-0.39, 0.29) is 23.9 Å². The lowest BCUT2D eigenvalue weighted by atomic mass is 10.00. The number of rotatable bonds is 2. The van der Waals surface area contributed by atoms with E-state index in [0.717, 1.165) is 22.3 Å². The van der Waals surface area contributed by atoms with Gasteiger partial charge >= 0.3 is 6.03 Å². The van der Waals surface area contributed by atoms with Gasteiger partial charge in [0.15, 0.2) is 0 Å². The lowest BCUT2D eigenvalue weighted by molar-refractivity contribution is 0.251. The highest BCUT2D eigenvalue weighted by Gasteiger charge is 2.38. The van der Waals surface area contributed by atoms with Crippen molar-refractivity contribution in [3.63, 3.8) is 0 Å². The topological polar surface area (TPSA) is 81.2 Å². The molecule has 1 saturated heterocycles. The molecule has 2 aromatic carbocycles. The highest BCUT2D eigenvalue weighted by atomic mass is 16.3. The van der Waals surface area contributed by atoms with Gasteiger partial charge in [-0.25, -0.2) is 9.78 Å². The molecule has 0 bridgehead atoms. The fourth-order valence-electron chi connectivity index (χ4n) is 3.15. The number of nitrogens with zero attached hydrogens (tertiary/aromatic N) is 2. The molecule has 6 nitrogen and oxygen atoms in total. The number of fused-ring (bicyclic) bond motifs is 1. The number of hydrogen-bond donors (Lipinski definition) is 3. The number of aromatic nitrogens is 2. The number of hydrogen-bond acceptors (Lipinski definition) is 3. The van der Waals surface area contributed by atoms with Crippen molar-refractivity contribution in [1.29, 1.82) is 0 Å². The third kappa shape index (κ3) is 2.19. The van der Waals surface area contributed by atoms with Gasteiger partial charge in [-0.05, 0) is 42.8 Å². The van der Waals surface area contributed by atoms with E-state index in [9.17, 15) is 9.90 Å². The number of nitrogens with one attached hydrogen (secondary N) is 2. The Morgan fingerprint density at radius 2 is 1.96 bits per heavy atom. The molecule has 1 aliphatic rings. The minimum absolute atomic E-state index is 0.0375. The highest BCUT2D eigenvalue weighted by Crippen LogP contribution is 2.35. The van der Waals surface area contributed by atoms with Crippen LogP contribution in [0.2, 0.25) is 0 Å². The van der Waals surface area contributed by atoms with Gasteiger partial charge in [-0.2, -0.15) is 0 Å². The first-order valence-corrected chi connectivity index (χ1v) is 7.45. The van der Waals surface area contributed by atoms with E-state index in [1.807, 2.05) is 37.3 Å². The Kier molecular flexibility index (Phi) is 2.97. The van der Waals surface area contributed by atoms with Gasteiger partial charge in [-0.1, -0.05) is 12.1 Å². The van der Waals surface area contributed by atoms with Gasteiger partial charge in [0, 0.05) is 5.69 Å². The predicted octanol–water partition coefficient (Wildman–Crippen LogP) is 2.93. The summed E-state index contributed by atoms with van der Waals surface area (Å²) in [5, 5.41) is 12.5. The number of urea groups is 1. The van der Waals surface area contributed by atoms with Gasteiger partial charge in [-0.15, -0.1) is 0 Å². The average Bonchev–Trinajstić information content (AvgIpc) is 3.11. The SMILES string of the molecule is C[C@H]1NC(=O)N(c2ccc3nc[nH]c3c2)[C@H]1c1ccc(O)cc1. The van der Waals surface area contributed by atoms with Gasteiger partial charge in [-0.3, -0.25) is 4.90 Å². The number of H-pyrrole nitrogens is 1. The maximum Gasteiger partial charge on any atom is 0.322 e. The van der Waals surface area contributed by atoms with E-state index >= 15 is 0 Å². The standard InChI is InChI=1S/C17H16N4O2/c1-10-16(11-2-5-13(22)6-3-11)21(17(23)20-10)12-4-7-14-15(8-12)19-9-18-14/h2-10,16,22H,1H3,(H,18,19)(H,20,23)/t10-,16-/m1/s1. The zero-order valence-electron chi connectivity index (χ0n) is 12.5. The van der Waals surface area contributed by atoms with Crippen LogP contribution < -0.4 is 10.2 Å². The van der Waals surface area contributed by atoms with Crippen LogP contribution in [0.3, 0.4) is 0 Å². The second kappa shape index (κ2) is 5.01. The van der Waals surface area contributed by atoms with E-state index in [4.69, 9.17) is 0 Å². The summed E-state index contributed by atoms with van der Waals surface area (Å²) >= 11 is 0. The molecule has 2 atom stereocenters. The largest absolute Gasteiger partial charge is 0.508 e. The van der Waals surface area contributed by atoms with Crippen LogP contribution in [0.4, 0.5) is 10.5 Å². The Hall–Kier alpha value is -3.02. The summed E-state index contributed by atoms with van der Waals surface area (Å²) in [7, 11) is 0. The first-order chi connectivity index (χ1) is 11.1. The third-order valence-electron chi connectivity index (χ3n) is 4.24. The zero-order chi connectivity index (χ0) is 16.0. The van der Waals surface area contributed by atoms with E-state index in [0.29, 0.717) is 0 Å². The number of phenolic OH excluding ortho intramolecular Hbond substituents is 1. The molecule has 116 valence electrons. The molecule has 1 aliphatic heterocycles. The van der Waals surface area contributed by atoms with E-state index < -0.39 is 0 Å². The van der Waals surface area contributed by atoms with E-state index in [2.05, 4.69) is 15.3 Å². The molecular weight excluding hydrogens is 292 g/mol. The van der Waals surface area contributed by atoms with E-state index in [1.54, 1.807) is 23.4 Å². The van der Waals surface area contributed by atoms with E-state index in [1.165, 1.54) is 0 Å². The maximum atomic E-state index is 12.4. The fraction of sp³-hybridized carbons (Fsp3) is 0.176. The second-order valence-corrected chi connectivity index (χ2v) is 5.75. The molecule has 1 fully saturated rings. The van der Waals surface area contributed by atoms with Crippen molar-refractivity contribution in [2.75, 3.05) is 4.90 Å². The Morgan fingerprint density at radius 3 is 2.74 bits per heavy atom. The lowest BCUT2D eigenvalue weighted by Gasteiger charge is -2.25. The van der Waals surface area contributed by atoms with Gasteiger partial charge < -0.3 is 15.4 Å². The number of anilines is 1. The quantitative estimate of drug-likeness (QED) is 0.681. The molecular formula is C17H16N4O2. The number of amides is 2. The number of aromatic hydroxyl groups is 1. The molecule has 2 heterocycles. The predicted molar refractivity (Wildman–Crippen MR) is 87.4 cm³/mol. The summed E-state index contributed by atoms with van der Waals surface area (Å²) in [6.07, 6.45) is 1.64. The summed E-state index contributed by atoms with van der Waals surface area (Å²) in [5.74, 6) is 0.212. The van der Waals surface area contributed by atoms with Gasteiger partial charge in [0.1, 0.15) is 5.75 Å². The number of carbonyl (C=O) groups is 1. The van der Waals surface area contributed by atoms with Crippen LogP contribution in [0.1, 0.15) is 18.5 Å². The van der Waals surface area contributed by atoms with Crippen molar-refractivity contribution in [1.82, 2.24) is 15.3 Å². The first-order valence-electron chi connectivity index (χ1n) is 7.45. The van der Waals surface area contributed by atoms with Crippen molar-refractivity contribution >= 4 is 22.8 Å². The molecule has 0 unspecified atom stereocenters. The van der Waals surface area contributed by atoms with Gasteiger partial charge in [0.05, 0.1) is 29.4 Å². The molecule has 3 N–H and O–H groups in total.